The van der Waals surface area contributed by atoms with Gasteiger partial charge in [-0.25, -0.2) is 8.42 Å². The fraction of sp³-hybridized carbons (Fsp3) is 0.842. The van der Waals surface area contributed by atoms with Gasteiger partial charge in [-0.2, -0.15) is 0 Å². The molecule has 0 radical (unpaired) electrons. The Bertz CT molecular complexity index is 1230. The number of aliphatic hydroxyl groups excluding tert-OH is 1. The zero-order valence-electron chi connectivity index (χ0n) is 27.7. The average molecular weight is 613 g/mol. The van der Waals surface area contributed by atoms with Crippen LogP contribution in [0.4, 0.5) is 0 Å². The lowest BCUT2D eigenvalue weighted by atomic mass is 9.44. The Morgan fingerprint density at radius 3 is 2.16 bits per heavy atom. The van der Waals surface area contributed by atoms with E-state index in [-0.39, 0.29) is 16.9 Å². The van der Waals surface area contributed by atoms with Crippen molar-refractivity contribution in [1.82, 2.24) is 0 Å². The van der Waals surface area contributed by atoms with Crippen LogP contribution in [0, 0.1) is 51.8 Å². The van der Waals surface area contributed by atoms with Gasteiger partial charge in [0.15, 0.2) is 9.84 Å². The Hall–Kier alpha value is -0.910. The molecule has 4 nitrogen and oxygen atoms in total. The van der Waals surface area contributed by atoms with Gasteiger partial charge in [-0.05, 0) is 160 Å². The normalized spacial score (nSPS) is 44.2. The number of benzene rings is 1. The molecule has 5 saturated carbocycles. The monoisotopic (exact) mass is 612 g/mol. The molecular weight excluding hydrogens is 552 g/mol. The van der Waals surface area contributed by atoms with Gasteiger partial charge in [-0.15, -0.1) is 0 Å². The number of sulfone groups is 1. The zero-order chi connectivity index (χ0) is 30.8. The van der Waals surface area contributed by atoms with E-state index in [1.165, 1.54) is 38.5 Å². The number of aliphatic hydroxyl groups is 2. The summed E-state index contributed by atoms with van der Waals surface area (Å²) in [5, 5.41) is 21.8. The van der Waals surface area contributed by atoms with Gasteiger partial charge in [-0.3, -0.25) is 0 Å². The Balaban J connectivity index is 1.23. The van der Waals surface area contributed by atoms with Crippen LogP contribution in [0.25, 0.3) is 0 Å². The van der Waals surface area contributed by atoms with E-state index in [1.807, 2.05) is 18.2 Å². The number of rotatable bonds is 6. The molecule has 0 aromatic heterocycles. The molecule has 9 atom stereocenters. The van der Waals surface area contributed by atoms with Gasteiger partial charge in [-0.1, -0.05) is 52.8 Å². The van der Waals surface area contributed by atoms with Gasteiger partial charge >= 0.3 is 0 Å². The Morgan fingerprint density at radius 2 is 1.49 bits per heavy atom. The molecule has 1 aromatic carbocycles. The molecule has 0 heterocycles. The summed E-state index contributed by atoms with van der Waals surface area (Å²) in [7, 11) is -3.57. The fourth-order valence-corrected chi connectivity index (χ4v) is 13.8. The van der Waals surface area contributed by atoms with Crippen molar-refractivity contribution in [3.05, 3.63) is 30.3 Å². The third kappa shape index (κ3) is 5.79. The van der Waals surface area contributed by atoms with E-state index in [9.17, 15) is 18.6 Å². The number of hydrogen-bond acceptors (Lipinski definition) is 4. The first-order chi connectivity index (χ1) is 20.2. The second-order valence-electron chi connectivity index (χ2n) is 17.7. The molecule has 0 amide bonds. The van der Waals surface area contributed by atoms with Crippen LogP contribution in [0.5, 0.6) is 0 Å². The Labute approximate surface area is 262 Å². The lowest BCUT2D eigenvalue weighted by molar-refractivity contribution is -0.127. The molecule has 1 aromatic rings. The number of hydrogen-bond donors (Lipinski definition) is 2. The maximum atomic E-state index is 14.3. The Morgan fingerprint density at radius 1 is 0.837 bits per heavy atom. The first-order valence-electron chi connectivity index (χ1n) is 17.9. The summed E-state index contributed by atoms with van der Waals surface area (Å²) in [5.41, 5.74) is -0.147. The first kappa shape index (κ1) is 32.0. The predicted octanol–water partition coefficient (Wildman–Crippen LogP) is 8.60. The molecule has 2 N–H and O–H groups in total. The van der Waals surface area contributed by atoms with E-state index >= 15 is 0 Å². The third-order valence-electron chi connectivity index (χ3n) is 14.6. The molecule has 5 fully saturated rings. The maximum absolute atomic E-state index is 14.3. The van der Waals surface area contributed by atoms with Gasteiger partial charge in [0.1, 0.15) is 0 Å². The smallest absolute Gasteiger partial charge is 0.181 e. The molecule has 0 saturated heterocycles. The van der Waals surface area contributed by atoms with Crippen molar-refractivity contribution in [2.45, 2.75) is 153 Å². The van der Waals surface area contributed by atoms with Crippen LogP contribution in [0.2, 0.25) is 0 Å². The minimum Gasteiger partial charge on any atom is -0.393 e. The molecule has 0 spiro atoms. The summed E-state index contributed by atoms with van der Waals surface area (Å²) < 4.78 is 28.7. The van der Waals surface area contributed by atoms with Crippen LogP contribution in [0.1, 0.15) is 131 Å². The maximum Gasteiger partial charge on any atom is 0.181 e. The van der Waals surface area contributed by atoms with Crippen LogP contribution in [0.15, 0.2) is 35.2 Å². The van der Waals surface area contributed by atoms with E-state index in [0.717, 1.165) is 43.9 Å². The molecule has 242 valence electrons. The van der Waals surface area contributed by atoms with Crippen molar-refractivity contribution in [2.24, 2.45) is 51.8 Å². The van der Waals surface area contributed by atoms with Crippen molar-refractivity contribution in [3.8, 4) is 0 Å². The summed E-state index contributed by atoms with van der Waals surface area (Å²) in [5.74, 6) is 3.78. The topological polar surface area (TPSA) is 74.6 Å². The predicted molar refractivity (Wildman–Crippen MR) is 174 cm³/mol. The molecule has 7 unspecified atom stereocenters. The van der Waals surface area contributed by atoms with Crippen molar-refractivity contribution in [1.29, 1.82) is 0 Å². The molecule has 43 heavy (non-hydrogen) atoms. The van der Waals surface area contributed by atoms with Crippen LogP contribution in [-0.4, -0.2) is 35.6 Å². The van der Waals surface area contributed by atoms with Crippen LogP contribution < -0.4 is 0 Å². The van der Waals surface area contributed by atoms with Crippen molar-refractivity contribution in [2.75, 3.05) is 0 Å². The number of fused-ring (bicyclic) bond motifs is 5. The summed E-state index contributed by atoms with van der Waals surface area (Å²) in [6.07, 6.45) is 14.7. The molecule has 5 heteroatoms. The van der Waals surface area contributed by atoms with Gasteiger partial charge in [0, 0.05) is 0 Å². The van der Waals surface area contributed by atoms with Gasteiger partial charge in [0.05, 0.1) is 21.9 Å². The van der Waals surface area contributed by atoms with Gasteiger partial charge < -0.3 is 10.2 Å². The second kappa shape index (κ2) is 11.4. The summed E-state index contributed by atoms with van der Waals surface area (Å²) in [6.45, 7) is 11.9. The van der Waals surface area contributed by atoms with Crippen LogP contribution in [0.3, 0.4) is 0 Å². The highest BCUT2D eigenvalue weighted by molar-refractivity contribution is 7.92. The standard InChI is InChI=1S/C38H60O4S/c1-35(2,3)26-15-21-38(40,22-16-26)25-31(43(41,42)30-9-7-6-8-10-30)24-28-12-14-33-32-13-11-27-23-29(39)17-19-36(27,4)34(32)18-20-37(28,33)5/h6-10,26-29,31-34,39-40H,11-25H2,1-5H3/t26?,27?,28-,29?,31?,32+,33?,34?,36?,37?,38?/m1/s1. The summed E-state index contributed by atoms with van der Waals surface area (Å²) >= 11 is 0. The zero-order valence-corrected chi connectivity index (χ0v) is 28.5. The van der Waals surface area contributed by atoms with E-state index in [0.29, 0.717) is 59.7 Å². The third-order valence-corrected chi connectivity index (χ3v) is 16.8. The highest BCUT2D eigenvalue weighted by Gasteiger charge is 2.60. The highest BCUT2D eigenvalue weighted by Crippen LogP contribution is 2.68. The van der Waals surface area contributed by atoms with Crippen molar-refractivity contribution >= 4 is 9.84 Å². The average Bonchev–Trinajstić information content (AvgIpc) is 3.29. The van der Waals surface area contributed by atoms with E-state index < -0.39 is 20.7 Å². The summed E-state index contributed by atoms with van der Waals surface area (Å²) in [6, 6.07) is 9.07. The molecule has 0 bridgehead atoms. The first-order valence-corrected chi connectivity index (χ1v) is 19.4. The molecule has 5 aliphatic rings. The second-order valence-corrected chi connectivity index (χ2v) is 19.9. The van der Waals surface area contributed by atoms with E-state index in [1.54, 1.807) is 12.1 Å². The van der Waals surface area contributed by atoms with Gasteiger partial charge in [0.25, 0.3) is 0 Å². The molecule has 6 rings (SSSR count). The molecule has 0 aliphatic heterocycles. The van der Waals surface area contributed by atoms with Crippen LogP contribution >= 0.6 is 0 Å². The molecule has 5 aliphatic carbocycles. The minimum absolute atomic E-state index is 0.110. The van der Waals surface area contributed by atoms with E-state index in [2.05, 4.69) is 34.6 Å². The minimum atomic E-state index is -3.57. The largest absolute Gasteiger partial charge is 0.393 e. The SMILES string of the molecule is CC(C)(C)C1CCC(O)(CC(C[C@H]2CCC3[C@@H]4CCC5CC(O)CCC5(C)C4CCC32C)S(=O)(=O)c2ccccc2)CC1. The van der Waals surface area contributed by atoms with Gasteiger partial charge in [0.2, 0.25) is 0 Å². The fourth-order valence-electron chi connectivity index (χ4n) is 11.8. The quantitative estimate of drug-likeness (QED) is 0.337. The van der Waals surface area contributed by atoms with Crippen molar-refractivity contribution < 1.29 is 18.6 Å². The lowest BCUT2D eigenvalue weighted by Gasteiger charge is -2.61. The van der Waals surface area contributed by atoms with E-state index in [4.69, 9.17) is 0 Å². The Kier molecular flexibility index (Phi) is 8.50. The summed E-state index contributed by atoms with van der Waals surface area (Å²) in [4.78, 5) is 0.418. The van der Waals surface area contributed by atoms with Crippen molar-refractivity contribution in [3.63, 3.8) is 0 Å². The highest BCUT2D eigenvalue weighted by atomic mass is 32.2. The van der Waals surface area contributed by atoms with Crippen LogP contribution in [-0.2, 0) is 9.84 Å². The molecular formula is C38H60O4S. The lowest BCUT2D eigenvalue weighted by Crippen LogP contribution is -2.54.